The molecule has 2 aromatic carbocycles. The van der Waals surface area contributed by atoms with Crippen molar-refractivity contribution in [1.82, 2.24) is 5.32 Å². The van der Waals surface area contributed by atoms with Crippen molar-refractivity contribution in [1.29, 1.82) is 0 Å². The van der Waals surface area contributed by atoms with Crippen LogP contribution in [-0.4, -0.2) is 24.4 Å². The minimum Gasteiger partial charge on any atom is -0.326 e. The van der Waals surface area contributed by atoms with Gasteiger partial charge in [0, 0.05) is 23.8 Å². The maximum absolute atomic E-state index is 12.4. The molecule has 25 heavy (non-hydrogen) atoms. The number of rotatable bonds is 5. The van der Waals surface area contributed by atoms with Crippen LogP contribution in [0, 0.1) is 0 Å². The summed E-state index contributed by atoms with van der Waals surface area (Å²) in [6.07, 6.45) is 2.54. The monoisotopic (exact) mass is 357 g/mol. The Labute approximate surface area is 151 Å². The number of carbonyl (C=O) groups excluding carboxylic acids is 2. The van der Waals surface area contributed by atoms with E-state index < -0.39 is 0 Å². The van der Waals surface area contributed by atoms with Crippen LogP contribution < -0.4 is 16.0 Å². The number of para-hydroxylation sites is 1. The lowest BCUT2D eigenvalue weighted by Gasteiger charge is -2.12. The summed E-state index contributed by atoms with van der Waals surface area (Å²) in [4.78, 5) is 24.6. The highest BCUT2D eigenvalue weighted by atomic mass is 35.5. The van der Waals surface area contributed by atoms with Gasteiger partial charge in [0.05, 0.1) is 10.6 Å². The highest BCUT2D eigenvalue weighted by Crippen LogP contribution is 2.22. The fraction of sp³-hybridized carbons (Fsp3) is 0.263. The molecule has 3 N–H and O–H groups in total. The second-order valence-corrected chi connectivity index (χ2v) is 6.47. The summed E-state index contributed by atoms with van der Waals surface area (Å²) in [6.45, 7) is 0.961. The van der Waals surface area contributed by atoms with Gasteiger partial charge in [-0.25, -0.2) is 0 Å². The largest absolute Gasteiger partial charge is 0.326 e. The van der Waals surface area contributed by atoms with Gasteiger partial charge in [-0.05, 0) is 49.7 Å². The molecule has 1 fully saturated rings. The molecule has 1 atom stereocenters. The third-order valence-corrected chi connectivity index (χ3v) is 4.45. The van der Waals surface area contributed by atoms with E-state index in [1.54, 1.807) is 30.3 Å². The Morgan fingerprint density at radius 1 is 1.08 bits per heavy atom. The van der Waals surface area contributed by atoms with Crippen LogP contribution in [0.15, 0.2) is 48.5 Å². The van der Waals surface area contributed by atoms with E-state index in [0.29, 0.717) is 28.4 Å². The minimum absolute atomic E-state index is 0.0730. The van der Waals surface area contributed by atoms with Gasteiger partial charge < -0.3 is 16.0 Å². The number of hydrogen-bond donors (Lipinski definition) is 3. The van der Waals surface area contributed by atoms with E-state index in [4.69, 9.17) is 11.6 Å². The normalized spacial score (nSPS) is 16.4. The Morgan fingerprint density at radius 2 is 1.88 bits per heavy atom. The molecule has 0 saturated carbocycles. The lowest BCUT2D eigenvalue weighted by atomic mass is 10.1. The number of nitrogens with one attached hydrogen (secondary N) is 3. The van der Waals surface area contributed by atoms with E-state index in [0.717, 1.165) is 19.4 Å². The van der Waals surface area contributed by atoms with Crippen molar-refractivity contribution in [2.24, 2.45) is 0 Å². The summed E-state index contributed by atoms with van der Waals surface area (Å²) in [5.74, 6) is -0.388. The van der Waals surface area contributed by atoms with E-state index in [-0.39, 0.29) is 17.9 Å². The van der Waals surface area contributed by atoms with Gasteiger partial charge in [-0.15, -0.1) is 0 Å². The van der Waals surface area contributed by atoms with Gasteiger partial charge in [0.25, 0.3) is 5.91 Å². The van der Waals surface area contributed by atoms with Gasteiger partial charge in [-0.1, -0.05) is 29.8 Å². The quantitative estimate of drug-likeness (QED) is 0.764. The van der Waals surface area contributed by atoms with Gasteiger partial charge in [-0.2, -0.15) is 0 Å². The number of carbonyl (C=O) groups is 2. The molecular formula is C19H20ClN3O2. The SMILES string of the molecule is O=C(CC1CCCN1)Nc1ccc(Cl)c(C(=O)Nc2ccccc2)c1. The first-order valence-electron chi connectivity index (χ1n) is 8.31. The van der Waals surface area contributed by atoms with Gasteiger partial charge in [-0.3, -0.25) is 9.59 Å². The second-order valence-electron chi connectivity index (χ2n) is 6.06. The number of amides is 2. The Kier molecular flexibility index (Phi) is 5.68. The summed E-state index contributed by atoms with van der Waals surface area (Å²) >= 11 is 6.15. The Bertz CT molecular complexity index is 759. The van der Waals surface area contributed by atoms with Crippen molar-refractivity contribution >= 4 is 34.8 Å². The van der Waals surface area contributed by atoms with E-state index in [1.807, 2.05) is 18.2 Å². The number of halogens is 1. The number of hydrogen-bond acceptors (Lipinski definition) is 3. The number of anilines is 2. The molecule has 3 rings (SSSR count). The second kappa shape index (κ2) is 8.14. The molecule has 130 valence electrons. The van der Waals surface area contributed by atoms with Crippen molar-refractivity contribution in [2.45, 2.75) is 25.3 Å². The van der Waals surface area contributed by atoms with Crippen LogP contribution in [0.5, 0.6) is 0 Å². The van der Waals surface area contributed by atoms with Crippen LogP contribution in [0.1, 0.15) is 29.6 Å². The molecule has 6 heteroatoms. The first kappa shape index (κ1) is 17.5. The first-order valence-corrected chi connectivity index (χ1v) is 8.69. The molecule has 0 radical (unpaired) electrons. The van der Waals surface area contributed by atoms with Gasteiger partial charge >= 0.3 is 0 Å². The molecule has 0 bridgehead atoms. The zero-order chi connectivity index (χ0) is 17.6. The maximum atomic E-state index is 12.4. The smallest absolute Gasteiger partial charge is 0.257 e. The van der Waals surface area contributed by atoms with Crippen molar-refractivity contribution in [3.05, 3.63) is 59.1 Å². The standard InChI is InChI=1S/C19H20ClN3O2/c20-17-9-8-15(22-18(24)12-14-7-4-10-21-14)11-16(17)19(25)23-13-5-2-1-3-6-13/h1-3,5-6,8-9,11,14,21H,4,7,10,12H2,(H,22,24)(H,23,25). The highest BCUT2D eigenvalue weighted by molar-refractivity contribution is 6.34. The zero-order valence-electron chi connectivity index (χ0n) is 13.7. The predicted octanol–water partition coefficient (Wildman–Crippen LogP) is 3.67. The van der Waals surface area contributed by atoms with E-state index in [2.05, 4.69) is 16.0 Å². The molecular weight excluding hydrogens is 338 g/mol. The summed E-state index contributed by atoms with van der Waals surface area (Å²) in [7, 11) is 0. The average Bonchev–Trinajstić information content (AvgIpc) is 3.10. The fourth-order valence-corrected chi connectivity index (χ4v) is 3.07. The fourth-order valence-electron chi connectivity index (χ4n) is 2.86. The van der Waals surface area contributed by atoms with Crippen LogP contribution in [0.4, 0.5) is 11.4 Å². The van der Waals surface area contributed by atoms with E-state index in [1.165, 1.54) is 0 Å². The average molecular weight is 358 g/mol. The van der Waals surface area contributed by atoms with E-state index >= 15 is 0 Å². The van der Waals surface area contributed by atoms with Gasteiger partial charge in [0.15, 0.2) is 0 Å². The van der Waals surface area contributed by atoms with Crippen LogP contribution in [-0.2, 0) is 4.79 Å². The molecule has 1 aliphatic rings. The Balaban J connectivity index is 1.67. The molecule has 5 nitrogen and oxygen atoms in total. The molecule has 1 aliphatic heterocycles. The van der Waals surface area contributed by atoms with Crippen molar-refractivity contribution in [3.8, 4) is 0 Å². The minimum atomic E-state index is -0.315. The molecule has 2 amide bonds. The third-order valence-electron chi connectivity index (χ3n) is 4.12. The van der Waals surface area contributed by atoms with Crippen LogP contribution in [0.25, 0.3) is 0 Å². The molecule has 0 spiro atoms. The highest BCUT2D eigenvalue weighted by Gasteiger charge is 2.18. The van der Waals surface area contributed by atoms with Crippen LogP contribution >= 0.6 is 11.6 Å². The lowest BCUT2D eigenvalue weighted by Crippen LogP contribution is -2.27. The zero-order valence-corrected chi connectivity index (χ0v) is 14.5. The summed E-state index contributed by atoms with van der Waals surface area (Å²) in [5.41, 5.74) is 1.57. The first-order chi connectivity index (χ1) is 12.1. The molecule has 1 unspecified atom stereocenters. The van der Waals surface area contributed by atoms with Crippen molar-refractivity contribution < 1.29 is 9.59 Å². The Morgan fingerprint density at radius 3 is 2.60 bits per heavy atom. The molecule has 2 aromatic rings. The lowest BCUT2D eigenvalue weighted by molar-refractivity contribution is -0.116. The summed E-state index contributed by atoms with van der Waals surface area (Å²) in [5, 5.41) is 9.26. The van der Waals surface area contributed by atoms with Gasteiger partial charge in [0.2, 0.25) is 5.91 Å². The summed E-state index contributed by atoms with van der Waals surface area (Å²) in [6, 6.07) is 14.3. The van der Waals surface area contributed by atoms with Gasteiger partial charge in [0.1, 0.15) is 0 Å². The summed E-state index contributed by atoms with van der Waals surface area (Å²) < 4.78 is 0. The molecule has 1 heterocycles. The third kappa shape index (κ3) is 4.81. The van der Waals surface area contributed by atoms with E-state index in [9.17, 15) is 9.59 Å². The molecule has 0 aliphatic carbocycles. The van der Waals surface area contributed by atoms with Crippen LogP contribution in [0.2, 0.25) is 5.02 Å². The number of benzene rings is 2. The Hall–Kier alpha value is -2.37. The molecule has 0 aromatic heterocycles. The topological polar surface area (TPSA) is 70.2 Å². The maximum Gasteiger partial charge on any atom is 0.257 e. The van der Waals surface area contributed by atoms with Crippen LogP contribution in [0.3, 0.4) is 0 Å². The van der Waals surface area contributed by atoms with Crippen molar-refractivity contribution in [2.75, 3.05) is 17.2 Å². The molecule has 1 saturated heterocycles. The predicted molar refractivity (Wildman–Crippen MR) is 100 cm³/mol. The van der Waals surface area contributed by atoms with Crippen molar-refractivity contribution in [3.63, 3.8) is 0 Å².